The van der Waals surface area contributed by atoms with Gasteiger partial charge in [-0.1, -0.05) is 22.9 Å². The quantitative estimate of drug-likeness (QED) is 0.463. The second kappa shape index (κ2) is 8.00. The lowest BCUT2D eigenvalue weighted by atomic mass is 10.1. The average Bonchev–Trinajstić information content (AvgIpc) is 2.90. The van der Waals surface area contributed by atoms with Gasteiger partial charge in [0.25, 0.3) is 5.76 Å². The van der Waals surface area contributed by atoms with E-state index in [0.29, 0.717) is 16.6 Å². The van der Waals surface area contributed by atoms with Crippen LogP contribution in [0.2, 0.25) is 0 Å². The van der Waals surface area contributed by atoms with Gasteiger partial charge in [-0.25, -0.2) is 4.79 Å². The van der Waals surface area contributed by atoms with Crippen LogP contribution in [0.3, 0.4) is 0 Å². The number of aromatic nitrogens is 2. The van der Waals surface area contributed by atoms with Gasteiger partial charge in [0.15, 0.2) is 0 Å². The third kappa shape index (κ3) is 4.85. The summed E-state index contributed by atoms with van der Waals surface area (Å²) in [6, 6.07) is 5.87. The summed E-state index contributed by atoms with van der Waals surface area (Å²) in [4.78, 5) is 13.0. The molecule has 6 nitrogen and oxygen atoms in total. The molecule has 0 fully saturated rings. The van der Waals surface area contributed by atoms with Crippen molar-refractivity contribution >= 4 is 17.7 Å². The average molecular weight is 358 g/mol. The van der Waals surface area contributed by atoms with E-state index in [-0.39, 0.29) is 34.6 Å². The maximum Gasteiger partial charge on any atom is 0.338 e. The molecule has 0 radical (unpaired) electrons. The zero-order valence-electron chi connectivity index (χ0n) is 13.0. The first-order valence-electron chi connectivity index (χ1n) is 7.02. The monoisotopic (exact) mass is 358 g/mol. The van der Waals surface area contributed by atoms with E-state index in [4.69, 9.17) is 14.7 Å². The summed E-state index contributed by atoms with van der Waals surface area (Å²) in [5.74, 6) is -3.16. The Balaban J connectivity index is 2.30. The highest BCUT2D eigenvalue weighted by molar-refractivity contribution is 7.99. The van der Waals surface area contributed by atoms with E-state index in [0.717, 1.165) is 0 Å². The first-order valence-corrected chi connectivity index (χ1v) is 7.90. The zero-order valence-corrected chi connectivity index (χ0v) is 13.8. The lowest BCUT2D eigenvalue weighted by Crippen LogP contribution is -2.15. The Labute approximate surface area is 141 Å². The predicted molar refractivity (Wildman–Crippen MR) is 82.6 cm³/mol. The van der Waals surface area contributed by atoms with E-state index in [2.05, 4.69) is 5.10 Å². The van der Waals surface area contributed by atoms with Gasteiger partial charge >= 0.3 is 5.97 Å². The number of nitrogens with zero attached hydrogens (tertiary/aromatic N) is 2. The molecular weight excluding hydrogens is 342 g/mol. The van der Waals surface area contributed by atoms with Crippen LogP contribution in [0.5, 0.6) is 5.88 Å². The van der Waals surface area contributed by atoms with Gasteiger partial charge in [0, 0.05) is 16.5 Å². The SMILES string of the molecule is CC(C)OC(=O)c1cccc(SC(F)F)c1COc1ccn(O)n1. The summed E-state index contributed by atoms with van der Waals surface area (Å²) < 4.78 is 36.0. The molecule has 130 valence electrons. The van der Waals surface area contributed by atoms with Crippen molar-refractivity contribution in [3.63, 3.8) is 0 Å². The molecule has 1 heterocycles. The Kier molecular flexibility index (Phi) is 6.02. The van der Waals surface area contributed by atoms with Crippen molar-refractivity contribution in [1.29, 1.82) is 0 Å². The normalized spacial score (nSPS) is 11.1. The van der Waals surface area contributed by atoms with Crippen molar-refractivity contribution in [2.45, 2.75) is 37.2 Å². The van der Waals surface area contributed by atoms with Crippen molar-refractivity contribution in [1.82, 2.24) is 9.94 Å². The molecule has 0 amide bonds. The molecule has 0 saturated carbocycles. The smallest absolute Gasteiger partial charge is 0.338 e. The van der Waals surface area contributed by atoms with Crippen LogP contribution in [0.25, 0.3) is 0 Å². The van der Waals surface area contributed by atoms with Crippen molar-refractivity contribution < 1.29 is 28.3 Å². The zero-order chi connectivity index (χ0) is 17.7. The van der Waals surface area contributed by atoms with Gasteiger partial charge < -0.3 is 14.7 Å². The minimum absolute atomic E-state index is 0.0949. The summed E-state index contributed by atoms with van der Waals surface area (Å²) in [5, 5.41) is 12.7. The first kappa shape index (κ1) is 18.1. The largest absolute Gasteiger partial charge is 0.472 e. The van der Waals surface area contributed by atoms with Gasteiger partial charge in [0.05, 0.1) is 17.9 Å². The van der Waals surface area contributed by atoms with E-state index < -0.39 is 11.7 Å². The molecule has 1 aromatic carbocycles. The number of benzene rings is 1. The third-order valence-electron chi connectivity index (χ3n) is 2.83. The molecule has 0 saturated heterocycles. The van der Waals surface area contributed by atoms with Crippen LogP contribution < -0.4 is 4.74 Å². The molecule has 0 aliphatic rings. The standard InChI is InChI=1S/C15H16F2N2O4S/c1-9(2)23-14(20)10-4-3-5-12(24-15(16)17)11(10)8-22-13-6-7-19(21)18-13/h3-7,9,15,21H,8H2,1-2H3. The Hall–Kier alpha value is -2.29. The minimum atomic E-state index is -2.64. The van der Waals surface area contributed by atoms with Gasteiger partial charge in [-0.05, 0) is 26.0 Å². The van der Waals surface area contributed by atoms with Crippen LogP contribution in [0.4, 0.5) is 8.78 Å². The van der Waals surface area contributed by atoms with Gasteiger partial charge in [-0.15, -0.1) is 4.85 Å². The van der Waals surface area contributed by atoms with Crippen molar-refractivity contribution in [2.24, 2.45) is 0 Å². The number of thioether (sulfide) groups is 1. The molecule has 2 aromatic rings. The van der Waals surface area contributed by atoms with Crippen molar-refractivity contribution in [3.8, 4) is 5.88 Å². The van der Waals surface area contributed by atoms with Crippen molar-refractivity contribution in [2.75, 3.05) is 0 Å². The number of carbonyl (C=O) groups excluding carboxylic acids is 1. The summed E-state index contributed by atoms with van der Waals surface area (Å²) in [5.41, 5.74) is 0.429. The fraction of sp³-hybridized carbons (Fsp3) is 0.333. The van der Waals surface area contributed by atoms with E-state index in [1.54, 1.807) is 13.8 Å². The molecule has 24 heavy (non-hydrogen) atoms. The summed E-state index contributed by atoms with van der Waals surface area (Å²) in [6.45, 7) is 3.22. The highest BCUT2D eigenvalue weighted by atomic mass is 32.2. The predicted octanol–water partition coefficient (Wildman–Crippen LogP) is 3.58. The molecule has 0 aliphatic carbocycles. The summed E-state index contributed by atoms with van der Waals surface area (Å²) in [6.07, 6.45) is 0.908. The highest BCUT2D eigenvalue weighted by Gasteiger charge is 2.20. The molecule has 0 aliphatic heterocycles. The number of alkyl halides is 2. The minimum Gasteiger partial charge on any atom is -0.472 e. The van der Waals surface area contributed by atoms with E-state index in [1.807, 2.05) is 0 Å². The Morgan fingerprint density at radius 2 is 2.12 bits per heavy atom. The molecule has 1 N–H and O–H groups in total. The van der Waals surface area contributed by atoms with Crippen LogP contribution >= 0.6 is 11.8 Å². The molecule has 0 spiro atoms. The molecule has 0 unspecified atom stereocenters. The third-order valence-corrected chi connectivity index (χ3v) is 3.64. The van der Waals surface area contributed by atoms with Gasteiger partial charge in [-0.2, -0.15) is 8.78 Å². The lowest BCUT2D eigenvalue weighted by molar-refractivity contribution is 0.0374. The number of carbonyl (C=O) groups is 1. The molecule has 1 aromatic heterocycles. The topological polar surface area (TPSA) is 73.6 Å². The number of hydrogen-bond donors (Lipinski definition) is 1. The van der Waals surface area contributed by atoms with Crippen LogP contribution in [-0.4, -0.2) is 33.0 Å². The number of esters is 1. The first-order chi connectivity index (χ1) is 11.4. The van der Waals surface area contributed by atoms with Crippen LogP contribution in [0, 0.1) is 0 Å². The van der Waals surface area contributed by atoms with E-state index in [1.165, 1.54) is 30.5 Å². The maximum atomic E-state index is 12.8. The van der Waals surface area contributed by atoms with E-state index in [9.17, 15) is 13.6 Å². The fourth-order valence-electron chi connectivity index (χ4n) is 1.91. The number of ether oxygens (including phenoxy) is 2. The van der Waals surface area contributed by atoms with Crippen LogP contribution in [0.15, 0.2) is 35.4 Å². The number of halogens is 2. The van der Waals surface area contributed by atoms with Gasteiger partial charge in [0.2, 0.25) is 5.88 Å². The Bertz CT molecular complexity index is 707. The summed E-state index contributed by atoms with van der Waals surface area (Å²) in [7, 11) is 0. The molecular formula is C15H16F2N2O4S. The maximum absolute atomic E-state index is 12.8. The number of rotatable bonds is 7. The van der Waals surface area contributed by atoms with Crippen molar-refractivity contribution in [3.05, 3.63) is 41.6 Å². The van der Waals surface area contributed by atoms with E-state index >= 15 is 0 Å². The fourth-order valence-corrected chi connectivity index (χ4v) is 2.57. The Morgan fingerprint density at radius 1 is 1.38 bits per heavy atom. The van der Waals surface area contributed by atoms with Gasteiger partial charge in [-0.3, -0.25) is 0 Å². The lowest BCUT2D eigenvalue weighted by Gasteiger charge is -2.15. The van der Waals surface area contributed by atoms with Gasteiger partial charge in [0.1, 0.15) is 6.61 Å². The summed E-state index contributed by atoms with van der Waals surface area (Å²) >= 11 is 0.320. The molecule has 0 atom stereocenters. The molecule has 2 rings (SSSR count). The second-order valence-corrected chi connectivity index (χ2v) is 6.01. The molecule has 9 heteroatoms. The molecule has 0 bridgehead atoms. The highest BCUT2D eigenvalue weighted by Crippen LogP contribution is 2.31. The van der Waals surface area contributed by atoms with Crippen LogP contribution in [0.1, 0.15) is 29.8 Å². The Morgan fingerprint density at radius 3 is 2.71 bits per heavy atom. The van der Waals surface area contributed by atoms with Crippen LogP contribution in [-0.2, 0) is 11.3 Å². The second-order valence-electron chi connectivity index (χ2n) is 4.98. The number of hydrogen-bond acceptors (Lipinski definition) is 6.